The van der Waals surface area contributed by atoms with Crippen LogP contribution >= 0.6 is 0 Å². The van der Waals surface area contributed by atoms with Gasteiger partial charge in [0.2, 0.25) is 17.6 Å². The fourth-order valence-corrected chi connectivity index (χ4v) is 3.76. The molecule has 1 aliphatic heterocycles. The van der Waals surface area contributed by atoms with E-state index in [1.165, 1.54) is 5.56 Å². The Labute approximate surface area is 175 Å². The molecule has 7 heteroatoms. The van der Waals surface area contributed by atoms with Crippen molar-refractivity contribution in [2.45, 2.75) is 32.2 Å². The molecule has 1 aromatic heterocycles. The second-order valence-corrected chi connectivity index (χ2v) is 7.47. The SMILES string of the molecule is COc1cc(CC(=O)N2CCC[C@@H]2c2nc(-c3ccc(C)cc3)no2)cc(OC)c1. The number of carbonyl (C=O) groups is 1. The van der Waals surface area contributed by atoms with Crippen LogP contribution in [0.2, 0.25) is 0 Å². The lowest BCUT2D eigenvalue weighted by molar-refractivity contribution is -0.131. The minimum absolute atomic E-state index is 0.0166. The van der Waals surface area contributed by atoms with Crippen molar-refractivity contribution in [2.24, 2.45) is 0 Å². The van der Waals surface area contributed by atoms with E-state index in [1.54, 1.807) is 20.3 Å². The van der Waals surface area contributed by atoms with Gasteiger partial charge in [-0.3, -0.25) is 4.79 Å². The van der Waals surface area contributed by atoms with Crippen LogP contribution in [-0.2, 0) is 11.2 Å². The van der Waals surface area contributed by atoms with E-state index in [4.69, 9.17) is 14.0 Å². The average molecular weight is 407 g/mol. The van der Waals surface area contributed by atoms with E-state index in [0.29, 0.717) is 29.8 Å². The summed E-state index contributed by atoms with van der Waals surface area (Å²) in [6, 6.07) is 13.3. The zero-order valence-electron chi connectivity index (χ0n) is 17.4. The predicted octanol–water partition coefficient (Wildman–Crippen LogP) is 3.97. The number of aromatic nitrogens is 2. The van der Waals surface area contributed by atoms with Gasteiger partial charge in [-0.15, -0.1) is 0 Å². The second-order valence-electron chi connectivity index (χ2n) is 7.47. The molecule has 0 bridgehead atoms. The van der Waals surface area contributed by atoms with Crippen molar-refractivity contribution in [2.75, 3.05) is 20.8 Å². The highest BCUT2D eigenvalue weighted by Gasteiger charge is 2.34. The molecular weight excluding hydrogens is 382 g/mol. The molecule has 30 heavy (non-hydrogen) atoms. The fourth-order valence-electron chi connectivity index (χ4n) is 3.76. The Balaban J connectivity index is 1.51. The zero-order valence-corrected chi connectivity index (χ0v) is 17.4. The van der Waals surface area contributed by atoms with Gasteiger partial charge in [0.15, 0.2) is 0 Å². The number of benzene rings is 2. The molecule has 0 saturated carbocycles. The zero-order chi connectivity index (χ0) is 21.1. The molecule has 2 aromatic carbocycles. The van der Waals surface area contributed by atoms with Crippen molar-refractivity contribution in [3.63, 3.8) is 0 Å². The summed E-state index contributed by atoms with van der Waals surface area (Å²) >= 11 is 0. The van der Waals surface area contributed by atoms with Crippen LogP contribution in [0.3, 0.4) is 0 Å². The van der Waals surface area contributed by atoms with Gasteiger partial charge in [-0.05, 0) is 37.5 Å². The van der Waals surface area contributed by atoms with Gasteiger partial charge < -0.3 is 18.9 Å². The Kier molecular flexibility index (Phi) is 5.70. The number of likely N-dealkylation sites (tertiary alicyclic amines) is 1. The third-order valence-corrected chi connectivity index (χ3v) is 5.38. The number of aryl methyl sites for hydroxylation is 1. The number of amides is 1. The lowest BCUT2D eigenvalue weighted by atomic mass is 10.1. The number of rotatable bonds is 6. The van der Waals surface area contributed by atoms with Crippen LogP contribution in [0, 0.1) is 6.92 Å². The summed E-state index contributed by atoms with van der Waals surface area (Å²) in [7, 11) is 3.19. The Hall–Kier alpha value is -3.35. The molecule has 0 aliphatic carbocycles. The minimum Gasteiger partial charge on any atom is -0.497 e. The molecule has 0 N–H and O–H groups in total. The van der Waals surface area contributed by atoms with Crippen LogP contribution in [0.1, 0.15) is 35.9 Å². The first-order chi connectivity index (χ1) is 14.6. The van der Waals surface area contributed by atoms with Crippen molar-refractivity contribution >= 4 is 5.91 Å². The number of carbonyl (C=O) groups excluding carboxylic acids is 1. The molecule has 0 unspecified atom stereocenters. The molecule has 0 radical (unpaired) electrons. The fraction of sp³-hybridized carbons (Fsp3) is 0.348. The third kappa shape index (κ3) is 4.15. The lowest BCUT2D eigenvalue weighted by Gasteiger charge is -2.22. The van der Waals surface area contributed by atoms with E-state index in [0.717, 1.165) is 24.0 Å². The van der Waals surface area contributed by atoms with E-state index in [9.17, 15) is 4.79 Å². The van der Waals surface area contributed by atoms with E-state index in [2.05, 4.69) is 10.1 Å². The Morgan fingerprint density at radius 2 is 1.83 bits per heavy atom. The molecule has 0 spiro atoms. The average Bonchev–Trinajstić information content (AvgIpc) is 3.43. The Morgan fingerprint density at radius 1 is 1.13 bits per heavy atom. The van der Waals surface area contributed by atoms with Gasteiger partial charge in [0.1, 0.15) is 17.5 Å². The predicted molar refractivity (Wildman–Crippen MR) is 111 cm³/mol. The van der Waals surface area contributed by atoms with Gasteiger partial charge in [0.05, 0.1) is 20.6 Å². The molecule has 4 rings (SSSR count). The van der Waals surface area contributed by atoms with E-state index in [-0.39, 0.29) is 18.4 Å². The third-order valence-electron chi connectivity index (χ3n) is 5.38. The monoisotopic (exact) mass is 407 g/mol. The standard InChI is InChI=1S/C23H25N3O4/c1-15-6-8-17(9-7-15)22-24-23(30-25-22)20-5-4-10-26(20)21(27)13-16-11-18(28-2)14-19(12-16)29-3/h6-9,11-12,14,20H,4-5,10,13H2,1-3H3/t20-/m1/s1. The second kappa shape index (κ2) is 8.57. The lowest BCUT2D eigenvalue weighted by Crippen LogP contribution is -2.32. The smallest absolute Gasteiger partial charge is 0.249 e. The first-order valence-corrected chi connectivity index (χ1v) is 9.99. The first-order valence-electron chi connectivity index (χ1n) is 9.99. The molecule has 2 heterocycles. The molecule has 1 saturated heterocycles. The summed E-state index contributed by atoms with van der Waals surface area (Å²) in [6.07, 6.45) is 1.96. The maximum atomic E-state index is 13.1. The number of ether oxygens (including phenoxy) is 2. The maximum Gasteiger partial charge on any atom is 0.249 e. The van der Waals surface area contributed by atoms with Crippen LogP contribution < -0.4 is 9.47 Å². The van der Waals surface area contributed by atoms with Crippen molar-refractivity contribution < 1.29 is 18.8 Å². The molecule has 1 aliphatic rings. The van der Waals surface area contributed by atoms with Gasteiger partial charge >= 0.3 is 0 Å². The van der Waals surface area contributed by atoms with Gasteiger partial charge in [0, 0.05) is 18.2 Å². The van der Waals surface area contributed by atoms with Crippen LogP contribution in [0.5, 0.6) is 11.5 Å². The van der Waals surface area contributed by atoms with Gasteiger partial charge in [-0.25, -0.2) is 0 Å². The highest BCUT2D eigenvalue weighted by molar-refractivity contribution is 5.79. The Bertz CT molecular complexity index is 1010. The molecule has 3 aromatic rings. The van der Waals surface area contributed by atoms with Crippen LogP contribution in [0.15, 0.2) is 47.0 Å². The molecule has 156 valence electrons. The summed E-state index contributed by atoms with van der Waals surface area (Å²) < 4.78 is 16.2. The number of nitrogens with zero attached hydrogens (tertiary/aromatic N) is 3. The molecule has 7 nitrogen and oxygen atoms in total. The van der Waals surface area contributed by atoms with Crippen molar-refractivity contribution in [3.05, 3.63) is 59.5 Å². The van der Waals surface area contributed by atoms with Crippen molar-refractivity contribution in [1.82, 2.24) is 15.0 Å². The Morgan fingerprint density at radius 3 is 2.50 bits per heavy atom. The molecule has 1 amide bonds. The number of hydrogen-bond acceptors (Lipinski definition) is 6. The number of methoxy groups -OCH3 is 2. The molecular formula is C23H25N3O4. The summed E-state index contributed by atoms with van der Waals surface area (Å²) in [5.41, 5.74) is 2.91. The summed E-state index contributed by atoms with van der Waals surface area (Å²) in [5.74, 6) is 2.37. The summed E-state index contributed by atoms with van der Waals surface area (Å²) in [5, 5.41) is 4.13. The van der Waals surface area contributed by atoms with E-state index in [1.807, 2.05) is 48.2 Å². The van der Waals surface area contributed by atoms with Crippen molar-refractivity contribution in [3.8, 4) is 22.9 Å². The van der Waals surface area contributed by atoms with E-state index < -0.39 is 0 Å². The highest BCUT2D eigenvalue weighted by atomic mass is 16.5. The summed E-state index contributed by atoms with van der Waals surface area (Å²) in [6.45, 7) is 2.71. The maximum absolute atomic E-state index is 13.1. The van der Waals surface area contributed by atoms with Crippen LogP contribution in [-0.4, -0.2) is 41.7 Å². The molecule has 1 fully saturated rings. The largest absolute Gasteiger partial charge is 0.497 e. The summed E-state index contributed by atoms with van der Waals surface area (Å²) in [4.78, 5) is 19.5. The molecule has 1 atom stereocenters. The van der Waals surface area contributed by atoms with E-state index >= 15 is 0 Å². The first kappa shape index (κ1) is 19.9. The van der Waals surface area contributed by atoms with Gasteiger partial charge in [-0.1, -0.05) is 35.0 Å². The topological polar surface area (TPSA) is 77.7 Å². The van der Waals surface area contributed by atoms with Crippen LogP contribution in [0.25, 0.3) is 11.4 Å². The van der Waals surface area contributed by atoms with Crippen LogP contribution in [0.4, 0.5) is 0 Å². The number of hydrogen-bond donors (Lipinski definition) is 0. The van der Waals surface area contributed by atoms with Gasteiger partial charge in [0.25, 0.3) is 0 Å². The highest BCUT2D eigenvalue weighted by Crippen LogP contribution is 2.33. The minimum atomic E-state index is -0.197. The van der Waals surface area contributed by atoms with Gasteiger partial charge in [-0.2, -0.15) is 4.98 Å². The van der Waals surface area contributed by atoms with Crippen molar-refractivity contribution in [1.29, 1.82) is 0 Å². The quantitative estimate of drug-likeness (QED) is 0.615. The normalized spacial score (nSPS) is 16.0.